The molecule has 0 aliphatic carbocycles. The summed E-state index contributed by atoms with van der Waals surface area (Å²) in [5, 5.41) is 3.25. The van der Waals surface area contributed by atoms with Crippen molar-refractivity contribution < 1.29 is 13.2 Å². The van der Waals surface area contributed by atoms with E-state index < -0.39 is 11.7 Å². The van der Waals surface area contributed by atoms with Gasteiger partial charge in [-0.1, -0.05) is 63.7 Å². The fourth-order valence-electron chi connectivity index (χ4n) is 3.13. The van der Waals surface area contributed by atoms with Gasteiger partial charge in [-0.2, -0.15) is 13.2 Å². The quantitative estimate of drug-likeness (QED) is 0.428. The van der Waals surface area contributed by atoms with Crippen molar-refractivity contribution in [3.63, 3.8) is 0 Å². The molecular weight excluding hydrogens is 419 g/mol. The maximum Gasteiger partial charge on any atom is 0.417 e. The third-order valence-electron chi connectivity index (χ3n) is 4.76. The molecule has 0 amide bonds. The largest absolute Gasteiger partial charge is 0.417 e. The molecule has 0 bridgehead atoms. The van der Waals surface area contributed by atoms with E-state index in [4.69, 9.17) is 0 Å². The van der Waals surface area contributed by atoms with Crippen LogP contribution in [-0.4, -0.2) is 16.0 Å². The van der Waals surface area contributed by atoms with Crippen molar-refractivity contribution >= 4 is 11.8 Å². The molecule has 1 N–H and O–H groups in total. The van der Waals surface area contributed by atoms with Crippen LogP contribution in [0.4, 0.5) is 13.2 Å². The first kappa shape index (κ1) is 23.3. The summed E-state index contributed by atoms with van der Waals surface area (Å²) < 4.78 is 41.8. The standard InChI is InChI=1S/C24H26F3N3S/c1-15(2)19-7-5-6-8-22(19)31-23-10-9-17(11-20(23)24(25,26)27)21-12-18(29-14-30-21)13-28-16(3)4/h5-12,14-16,28H,13H2,1-4H3. The maximum atomic E-state index is 13.9. The first-order chi connectivity index (χ1) is 14.6. The normalized spacial score (nSPS) is 12.0. The molecule has 0 atom stereocenters. The minimum absolute atomic E-state index is 0.181. The van der Waals surface area contributed by atoms with Gasteiger partial charge in [0.1, 0.15) is 6.33 Å². The van der Waals surface area contributed by atoms with Crippen LogP contribution >= 0.6 is 11.8 Å². The minimum Gasteiger partial charge on any atom is -0.309 e. The van der Waals surface area contributed by atoms with Crippen LogP contribution in [0, 0.1) is 0 Å². The third kappa shape index (κ3) is 6.08. The Hall–Kier alpha value is -2.38. The molecule has 0 fully saturated rings. The zero-order valence-corrected chi connectivity index (χ0v) is 18.8. The Morgan fingerprint density at radius 1 is 0.935 bits per heavy atom. The second-order valence-corrected chi connectivity index (χ2v) is 9.02. The van der Waals surface area contributed by atoms with Gasteiger partial charge in [0, 0.05) is 27.9 Å². The lowest BCUT2D eigenvalue weighted by Gasteiger charge is -2.17. The van der Waals surface area contributed by atoms with Crippen LogP contribution in [0.5, 0.6) is 0 Å². The van der Waals surface area contributed by atoms with E-state index in [-0.39, 0.29) is 16.9 Å². The topological polar surface area (TPSA) is 37.8 Å². The Kier molecular flexibility index (Phi) is 7.38. The Balaban J connectivity index is 1.98. The van der Waals surface area contributed by atoms with E-state index in [9.17, 15) is 13.2 Å². The lowest BCUT2D eigenvalue weighted by molar-refractivity contribution is -0.139. The third-order valence-corrected chi connectivity index (χ3v) is 5.92. The van der Waals surface area contributed by atoms with Crippen LogP contribution in [0.3, 0.4) is 0 Å². The number of alkyl halides is 3. The summed E-state index contributed by atoms with van der Waals surface area (Å²) in [4.78, 5) is 9.42. The number of hydrogen-bond acceptors (Lipinski definition) is 4. The van der Waals surface area contributed by atoms with E-state index >= 15 is 0 Å². The van der Waals surface area contributed by atoms with Crippen molar-refractivity contribution in [1.82, 2.24) is 15.3 Å². The number of nitrogens with zero attached hydrogens (tertiary/aromatic N) is 2. The molecule has 3 rings (SSSR count). The smallest absolute Gasteiger partial charge is 0.309 e. The summed E-state index contributed by atoms with van der Waals surface area (Å²) in [5.41, 5.74) is 2.00. The number of aromatic nitrogens is 2. The van der Waals surface area contributed by atoms with Gasteiger partial charge >= 0.3 is 6.18 Å². The van der Waals surface area contributed by atoms with Crippen LogP contribution < -0.4 is 5.32 Å². The van der Waals surface area contributed by atoms with Crippen LogP contribution in [0.25, 0.3) is 11.3 Å². The number of hydrogen-bond donors (Lipinski definition) is 1. The van der Waals surface area contributed by atoms with Crippen LogP contribution in [0.2, 0.25) is 0 Å². The second-order valence-electron chi connectivity index (χ2n) is 7.93. The lowest BCUT2D eigenvalue weighted by Crippen LogP contribution is -2.22. The van der Waals surface area contributed by atoms with Gasteiger partial charge in [0.05, 0.1) is 17.0 Å². The fraction of sp³-hybridized carbons (Fsp3) is 0.333. The SMILES string of the molecule is CC(C)NCc1cc(-c2ccc(Sc3ccccc3C(C)C)c(C(F)(F)F)c2)ncn1. The van der Waals surface area contributed by atoms with Gasteiger partial charge in [-0.15, -0.1) is 0 Å². The van der Waals surface area contributed by atoms with Crippen LogP contribution in [0.15, 0.2) is 64.6 Å². The highest BCUT2D eigenvalue weighted by molar-refractivity contribution is 7.99. The summed E-state index contributed by atoms with van der Waals surface area (Å²) in [7, 11) is 0. The molecular formula is C24H26F3N3S. The lowest BCUT2D eigenvalue weighted by atomic mass is 10.0. The van der Waals surface area contributed by atoms with Gasteiger partial charge in [0.15, 0.2) is 0 Å². The minimum atomic E-state index is -4.47. The molecule has 0 spiro atoms. The molecule has 2 aromatic carbocycles. The average Bonchev–Trinajstić information content (AvgIpc) is 2.72. The number of halogens is 3. The molecule has 0 unspecified atom stereocenters. The molecule has 0 radical (unpaired) electrons. The van der Waals surface area contributed by atoms with Crippen molar-refractivity contribution in [1.29, 1.82) is 0 Å². The van der Waals surface area contributed by atoms with Crippen LogP contribution in [0.1, 0.15) is 50.4 Å². The van der Waals surface area contributed by atoms with E-state index in [1.807, 2.05) is 52.0 Å². The Morgan fingerprint density at radius 3 is 2.35 bits per heavy atom. The van der Waals surface area contributed by atoms with Gasteiger partial charge in [0.25, 0.3) is 0 Å². The maximum absolute atomic E-state index is 13.9. The first-order valence-corrected chi connectivity index (χ1v) is 11.0. The summed E-state index contributed by atoms with van der Waals surface area (Å²) >= 11 is 1.15. The zero-order valence-electron chi connectivity index (χ0n) is 18.0. The number of rotatable bonds is 7. The van der Waals surface area contributed by atoms with Gasteiger partial charge in [-0.3, -0.25) is 0 Å². The molecule has 1 aromatic heterocycles. The molecule has 0 saturated heterocycles. The van der Waals surface area contributed by atoms with Crippen molar-refractivity contribution in [2.75, 3.05) is 0 Å². The highest BCUT2D eigenvalue weighted by atomic mass is 32.2. The van der Waals surface area contributed by atoms with E-state index in [2.05, 4.69) is 15.3 Å². The Bertz CT molecular complexity index is 1030. The van der Waals surface area contributed by atoms with Gasteiger partial charge in [-0.05, 0) is 35.7 Å². The predicted molar refractivity (Wildman–Crippen MR) is 119 cm³/mol. The van der Waals surface area contributed by atoms with Gasteiger partial charge in [-0.25, -0.2) is 9.97 Å². The summed E-state index contributed by atoms with van der Waals surface area (Å²) in [6, 6.07) is 14.0. The van der Waals surface area contributed by atoms with Crippen molar-refractivity contribution in [3.05, 3.63) is 71.7 Å². The van der Waals surface area contributed by atoms with E-state index in [0.29, 0.717) is 17.8 Å². The molecule has 0 saturated carbocycles. The van der Waals surface area contributed by atoms with E-state index in [0.717, 1.165) is 27.9 Å². The number of benzene rings is 2. The average molecular weight is 446 g/mol. The predicted octanol–water partition coefficient (Wildman–Crippen LogP) is 6.94. The number of nitrogens with one attached hydrogen (secondary N) is 1. The molecule has 3 aromatic rings. The van der Waals surface area contributed by atoms with Crippen LogP contribution in [-0.2, 0) is 12.7 Å². The molecule has 164 valence electrons. The van der Waals surface area contributed by atoms with E-state index in [1.54, 1.807) is 12.1 Å². The zero-order chi connectivity index (χ0) is 22.6. The van der Waals surface area contributed by atoms with Gasteiger partial charge in [0.2, 0.25) is 0 Å². The summed E-state index contributed by atoms with van der Waals surface area (Å²) in [6.45, 7) is 8.64. The second kappa shape index (κ2) is 9.83. The monoisotopic (exact) mass is 445 g/mol. The fourth-order valence-corrected chi connectivity index (χ4v) is 4.36. The van der Waals surface area contributed by atoms with Crippen molar-refractivity contribution in [2.24, 2.45) is 0 Å². The summed E-state index contributed by atoms with van der Waals surface area (Å²) in [5.74, 6) is 0.219. The first-order valence-electron chi connectivity index (χ1n) is 10.2. The van der Waals surface area contributed by atoms with Crippen molar-refractivity contribution in [3.8, 4) is 11.3 Å². The molecule has 0 aliphatic rings. The molecule has 3 nitrogen and oxygen atoms in total. The molecule has 1 heterocycles. The molecule has 7 heteroatoms. The molecule has 0 aliphatic heterocycles. The van der Waals surface area contributed by atoms with E-state index in [1.165, 1.54) is 18.5 Å². The highest BCUT2D eigenvalue weighted by Gasteiger charge is 2.34. The Morgan fingerprint density at radius 2 is 1.68 bits per heavy atom. The Labute approximate surface area is 185 Å². The highest BCUT2D eigenvalue weighted by Crippen LogP contribution is 2.43. The van der Waals surface area contributed by atoms with Gasteiger partial charge < -0.3 is 5.32 Å². The summed E-state index contributed by atoms with van der Waals surface area (Å²) in [6.07, 6.45) is -3.08. The van der Waals surface area contributed by atoms with Crippen molar-refractivity contribution in [2.45, 2.75) is 62.2 Å². The molecule has 31 heavy (non-hydrogen) atoms.